The molecule has 0 fully saturated rings. The number of ketones is 2. The van der Waals surface area contributed by atoms with Crippen molar-refractivity contribution < 1.29 is 9.59 Å². The van der Waals surface area contributed by atoms with E-state index in [4.69, 9.17) is 0 Å². The van der Waals surface area contributed by atoms with E-state index in [1.165, 1.54) is 19.6 Å². The van der Waals surface area contributed by atoms with E-state index in [1.54, 1.807) is 48.5 Å². The Labute approximate surface area is 183 Å². The molecule has 2 nitrogen and oxygen atoms in total. The summed E-state index contributed by atoms with van der Waals surface area (Å²) in [6, 6.07) is 31.0. The number of benzene rings is 4. The average Bonchev–Trinajstić information content (AvgIpc) is 2.81. The van der Waals surface area contributed by atoms with Gasteiger partial charge in [0.1, 0.15) is 0 Å². The van der Waals surface area contributed by atoms with E-state index in [9.17, 15) is 9.59 Å². The van der Waals surface area contributed by atoms with Crippen LogP contribution in [-0.4, -0.2) is 11.6 Å². The molecule has 1 heterocycles. The Hall–Kier alpha value is -3.08. The standard InChI is InChI=1S/C14H8O2.C12H8S2/c15-13-9-5-1-2-6-10(9)14(16)12-8-4-3-7-11(12)13;1-2-6-10-9(5-1)13-11-7-3-4-8-12(11)14-10/h1-8H;1-8H. The highest BCUT2D eigenvalue weighted by molar-refractivity contribution is 8.05. The van der Waals surface area contributed by atoms with Gasteiger partial charge in [-0.3, -0.25) is 9.59 Å². The molecular formula is C26H16O2S2. The van der Waals surface area contributed by atoms with Gasteiger partial charge < -0.3 is 0 Å². The minimum Gasteiger partial charge on any atom is -0.289 e. The van der Waals surface area contributed by atoms with E-state index in [0.29, 0.717) is 22.3 Å². The molecule has 0 spiro atoms. The van der Waals surface area contributed by atoms with Gasteiger partial charge in [0.2, 0.25) is 0 Å². The van der Waals surface area contributed by atoms with Crippen molar-refractivity contribution in [2.45, 2.75) is 19.6 Å². The summed E-state index contributed by atoms with van der Waals surface area (Å²) in [4.78, 5) is 29.7. The Morgan fingerprint density at radius 1 is 0.367 bits per heavy atom. The van der Waals surface area contributed by atoms with Gasteiger partial charge in [0.25, 0.3) is 0 Å². The maximum atomic E-state index is 12.1. The summed E-state index contributed by atoms with van der Waals surface area (Å²) >= 11 is 3.72. The smallest absolute Gasteiger partial charge is 0.194 e. The largest absolute Gasteiger partial charge is 0.289 e. The highest BCUT2D eigenvalue weighted by Crippen LogP contribution is 2.47. The monoisotopic (exact) mass is 424 g/mol. The van der Waals surface area contributed by atoms with Crippen molar-refractivity contribution in [3.63, 3.8) is 0 Å². The lowest BCUT2D eigenvalue weighted by molar-refractivity contribution is 0.0979. The summed E-state index contributed by atoms with van der Waals surface area (Å²) in [5, 5.41) is 0. The normalized spacial score (nSPS) is 13.2. The van der Waals surface area contributed by atoms with Crippen LogP contribution in [0.25, 0.3) is 0 Å². The number of fused-ring (bicyclic) bond motifs is 4. The second kappa shape index (κ2) is 7.98. The van der Waals surface area contributed by atoms with Crippen molar-refractivity contribution in [3.8, 4) is 0 Å². The maximum Gasteiger partial charge on any atom is 0.194 e. The van der Waals surface area contributed by atoms with Crippen LogP contribution >= 0.6 is 23.5 Å². The van der Waals surface area contributed by atoms with E-state index in [2.05, 4.69) is 48.5 Å². The van der Waals surface area contributed by atoms with Crippen LogP contribution < -0.4 is 0 Å². The fourth-order valence-corrected chi connectivity index (χ4v) is 5.76. The first-order chi connectivity index (χ1) is 14.7. The third-order valence-electron chi connectivity index (χ3n) is 4.97. The molecule has 30 heavy (non-hydrogen) atoms. The molecule has 4 heteroatoms. The highest BCUT2D eigenvalue weighted by atomic mass is 32.2. The third kappa shape index (κ3) is 3.38. The average molecular weight is 425 g/mol. The van der Waals surface area contributed by atoms with E-state index < -0.39 is 0 Å². The molecule has 0 saturated carbocycles. The van der Waals surface area contributed by atoms with Gasteiger partial charge in [-0.05, 0) is 24.3 Å². The van der Waals surface area contributed by atoms with Crippen molar-refractivity contribution in [3.05, 3.63) is 119 Å². The molecule has 6 rings (SSSR count). The Morgan fingerprint density at radius 3 is 0.867 bits per heavy atom. The Bertz CT molecular complexity index is 1100. The SMILES string of the molecule is O=C1c2ccccc2C(=O)c2ccccc21.c1ccc2c(c1)Sc1ccccc1S2. The summed E-state index contributed by atoms with van der Waals surface area (Å²) in [5.74, 6) is -0.128. The molecule has 0 N–H and O–H groups in total. The molecule has 4 aromatic carbocycles. The molecule has 0 aromatic heterocycles. The molecule has 1 aliphatic heterocycles. The molecular weight excluding hydrogens is 408 g/mol. The van der Waals surface area contributed by atoms with Gasteiger partial charge in [0.15, 0.2) is 11.6 Å². The minimum absolute atomic E-state index is 0.0641. The van der Waals surface area contributed by atoms with Crippen molar-refractivity contribution in [1.29, 1.82) is 0 Å². The summed E-state index contributed by atoms with van der Waals surface area (Å²) in [6.07, 6.45) is 0. The van der Waals surface area contributed by atoms with Crippen LogP contribution in [0.15, 0.2) is 117 Å². The van der Waals surface area contributed by atoms with Crippen LogP contribution in [-0.2, 0) is 0 Å². The minimum atomic E-state index is -0.0641. The van der Waals surface area contributed by atoms with Crippen molar-refractivity contribution in [2.24, 2.45) is 0 Å². The highest BCUT2D eigenvalue weighted by Gasteiger charge is 2.28. The summed E-state index contributed by atoms with van der Waals surface area (Å²) in [7, 11) is 0. The van der Waals surface area contributed by atoms with E-state index >= 15 is 0 Å². The zero-order valence-electron chi connectivity index (χ0n) is 15.9. The molecule has 1 aliphatic carbocycles. The van der Waals surface area contributed by atoms with Gasteiger partial charge >= 0.3 is 0 Å². The molecule has 144 valence electrons. The second-order valence-electron chi connectivity index (χ2n) is 6.85. The van der Waals surface area contributed by atoms with Crippen molar-refractivity contribution in [1.82, 2.24) is 0 Å². The summed E-state index contributed by atoms with van der Waals surface area (Å²) in [6.45, 7) is 0. The third-order valence-corrected chi connectivity index (χ3v) is 7.53. The Balaban J connectivity index is 0.000000130. The first-order valence-corrected chi connectivity index (χ1v) is 11.2. The quantitative estimate of drug-likeness (QED) is 0.270. The topological polar surface area (TPSA) is 34.1 Å². The predicted octanol–water partition coefficient (Wildman–Crippen LogP) is 6.76. The second-order valence-corrected chi connectivity index (χ2v) is 9.01. The first kappa shape index (κ1) is 18.9. The lowest BCUT2D eigenvalue weighted by Gasteiger charge is -2.17. The van der Waals surface area contributed by atoms with Gasteiger partial charge in [-0.25, -0.2) is 0 Å². The molecule has 0 saturated heterocycles. The molecule has 2 aliphatic rings. The summed E-state index contributed by atoms with van der Waals surface area (Å²) in [5.41, 5.74) is 2.02. The molecule has 0 radical (unpaired) electrons. The molecule has 0 atom stereocenters. The van der Waals surface area contributed by atoms with Crippen LogP contribution in [0.5, 0.6) is 0 Å². The predicted molar refractivity (Wildman–Crippen MR) is 121 cm³/mol. The lowest BCUT2D eigenvalue weighted by Crippen LogP contribution is -2.20. The number of carbonyl (C=O) groups is 2. The number of hydrogen-bond acceptors (Lipinski definition) is 4. The van der Waals surface area contributed by atoms with Crippen LogP contribution in [0, 0.1) is 0 Å². The van der Waals surface area contributed by atoms with Gasteiger partial charge in [-0.15, -0.1) is 0 Å². The summed E-state index contributed by atoms with van der Waals surface area (Å²) < 4.78 is 0. The lowest BCUT2D eigenvalue weighted by atomic mass is 9.84. The van der Waals surface area contributed by atoms with Gasteiger partial charge in [0.05, 0.1) is 0 Å². The fourth-order valence-electron chi connectivity index (χ4n) is 3.52. The van der Waals surface area contributed by atoms with Gasteiger partial charge in [-0.2, -0.15) is 0 Å². The Morgan fingerprint density at radius 2 is 0.600 bits per heavy atom. The van der Waals surface area contributed by atoms with Crippen molar-refractivity contribution in [2.75, 3.05) is 0 Å². The molecule has 4 aromatic rings. The van der Waals surface area contributed by atoms with Crippen LogP contribution in [0.2, 0.25) is 0 Å². The number of carbonyl (C=O) groups excluding carboxylic acids is 2. The van der Waals surface area contributed by atoms with Crippen LogP contribution in [0.4, 0.5) is 0 Å². The number of rotatable bonds is 0. The van der Waals surface area contributed by atoms with E-state index in [1.807, 2.05) is 23.5 Å². The zero-order chi connectivity index (χ0) is 20.5. The van der Waals surface area contributed by atoms with Gasteiger partial charge in [0, 0.05) is 41.8 Å². The fraction of sp³-hybridized carbons (Fsp3) is 0. The first-order valence-electron chi connectivity index (χ1n) is 9.53. The van der Waals surface area contributed by atoms with Crippen LogP contribution in [0.1, 0.15) is 31.8 Å². The molecule has 0 bridgehead atoms. The molecule has 0 amide bonds. The van der Waals surface area contributed by atoms with Gasteiger partial charge in [-0.1, -0.05) is 96.3 Å². The van der Waals surface area contributed by atoms with E-state index in [0.717, 1.165) is 0 Å². The maximum absolute atomic E-state index is 12.1. The van der Waals surface area contributed by atoms with Crippen LogP contribution in [0.3, 0.4) is 0 Å². The zero-order valence-corrected chi connectivity index (χ0v) is 17.5. The number of hydrogen-bond donors (Lipinski definition) is 0. The van der Waals surface area contributed by atoms with Crippen molar-refractivity contribution >= 4 is 35.1 Å². The Kier molecular flexibility index (Phi) is 5.03. The molecule has 0 unspecified atom stereocenters. The van der Waals surface area contributed by atoms with E-state index in [-0.39, 0.29) is 11.6 Å².